The molecule has 3 N–H and O–H groups in total. The van der Waals surface area contributed by atoms with Crippen molar-refractivity contribution in [1.29, 1.82) is 0 Å². The first kappa shape index (κ1) is 14.1. The molecule has 0 bridgehead atoms. The van der Waals surface area contributed by atoms with Gasteiger partial charge in [0.1, 0.15) is 0 Å². The zero-order valence-electron chi connectivity index (χ0n) is 12.4. The van der Waals surface area contributed by atoms with Gasteiger partial charge >= 0.3 is 0 Å². The standard InChI is InChI=1S/C16H21N3O2/c1-16(2)10-19(8-11(9-20)21-16)15-4-3-14(17)13-7-18-6-5-12(13)15/h3-7,11,20H,8-10,17H2,1-2H3. The van der Waals surface area contributed by atoms with Gasteiger partial charge in [-0.1, -0.05) is 0 Å². The molecule has 2 aromatic rings. The molecule has 5 heteroatoms. The Labute approximate surface area is 124 Å². The number of pyridine rings is 1. The number of aliphatic hydroxyl groups excluding tert-OH is 1. The summed E-state index contributed by atoms with van der Waals surface area (Å²) in [4.78, 5) is 6.41. The number of anilines is 2. The molecule has 0 aliphatic carbocycles. The van der Waals surface area contributed by atoms with E-state index in [1.165, 1.54) is 0 Å². The van der Waals surface area contributed by atoms with Gasteiger partial charge < -0.3 is 20.5 Å². The second kappa shape index (κ2) is 5.16. The summed E-state index contributed by atoms with van der Waals surface area (Å²) in [6.07, 6.45) is 3.40. The van der Waals surface area contributed by atoms with Crippen molar-refractivity contribution in [2.75, 3.05) is 30.3 Å². The molecule has 0 radical (unpaired) electrons. The van der Waals surface area contributed by atoms with E-state index in [4.69, 9.17) is 10.5 Å². The van der Waals surface area contributed by atoms with Gasteiger partial charge in [-0.2, -0.15) is 0 Å². The van der Waals surface area contributed by atoms with Crippen LogP contribution < -0.4 is 10.6 Å². The fourth-order valence-corrected chi connectivity index (χ4v) is 3.05. The first-order valence-electron chi connectivity index (χ1n) is 7.16. The van der Waals surface area contributed by atoms with Crippen LogP contribution in [0.1, 0.15) is 13.8 Å². The third kappa shape index (κ3) is 2.66. The van der Waals surface area contributed by atoms with Crippen LogP contribution in [0.2, 0.25) is 0 Å². The van der Waals surface area contributed by atoms with E-state index < -0.39 is 0 Å². The fourth-order valence-electron chi connectivity index (χ4n) is 3.05. The number of fused-ring (bicyclic) bond motifs is 1. The third-order valence-corrected chi connectivity index (χ3v) is 3.85. The summed E-state index contributed by atoms with van der Waals surface area (Å²) in [6.45, 7) is 5.55. The number of ether oxygens (including phenoxy) is 1. The molecule has 1 unspecified atom stereocenters. The first-order valence-corrected chi connectivity index (χ1v) is 7.16. The van der Waals surface area contributed by atoms with Crippen LogP contribution in [0.25, 0.3) is 10.8 Å². The van der Waals surface area contributed by atoms with Gasteiger partial charge in [0.25, 0.3) is 0 Å². The number of hydrogen-bond donors (Lipinski definition) is 2. The summed E-state index contributed by atoms with van der Waals surface area (Å²) < 4.78 is 5.88. The van der Waals surface area contributed by atoms with Gasteiger partial charge in [-0.15, -0.1) is 0 Å². The number of aliphatic hydroxyl groups is 1. The highest BCUT2D eigenvalue weighted by Crippen LogP contribution is 2.33. The minimum absolute atomic E-state index is 0.0222. The monoisotopic (exact) mass is 287 g/mol. The fraction of sp³-hybridized carbons (Fsp3) is 0.438. The molecule has 0 spiro atoms. The Kier molecular flexibility index (Phi) is 3.47. The molecule has 3 rings (SSSR count). The number of morpholine rings is 1. The molecule has 5 nitrogen and oxygen atoms in total. The van der Waals surface area contributed by atoms with Crippen molar-refractivity contribution in [2.45, 2.75) is 25.6 Å². The molecule has 1 aromatic heterocycles. The summed E-state index contributed by atoms with van der Waals surface area (Å²) in [6, 6.07) is 5.93. The summed E-state index contributed by atoms with van der Waals surface area (Å²) in [5.74, 6) is 0. The molecule has 2 heterocycles. The third-order valence-electron chi connectivity index (χ3n) is 3.85. The molecule has 1 aromatic carbocycles. The quantitative estimate of drug-likeness (QED) is 0.824. The zero-order chi connectivity index (χ0) is 15.0. The van der Waals surface area contributed by atoms with Gasteiger partial charge in [-0.05, 0) is 32.0 Å². The van der Waals surface area contributed by atoms with Crippen molar-refractivity contribution in [2.24, 2.45) is 0 Å². The van der Waals surface area contributed by atoms with Crippen molar-refractivity contribution in [3.63, 3.8) is 0 Å². The molecule has 0 saturated carbocycles. The van der Waals surface area contributed by atoms with Gasteiger partial charge in [-0.25, -0.2) is 0 Å². The highest BCUT2D eigenvalue weighted by atomic mass is 16.5. The highest BCUT2D eigenvalue weighted by molar-refractivity contribution is 6.00. The summed E-state index contributed by atoms with van der Waals surface area (Å²) >= 11 is 0. The molecule has 1 fully saturated rings. The normalized spacial score (nSPS) is 21.7. The lowest BCUT2D eigenvalue weighted by molar-refractivity contribution is -0.100. The Morgan fingerprint density at radius 2 is 2.19 bits per heavy atom. The Balaban J connectivity index is 2.05. The first-order chi connectivity index (χ1) is 10.00. The van der Waals surface area contributed by atoms with Gasteiger partial charge in [0.15, 0.2) is 0 Å². The lowest BCUT2D eigenvalue weighted by atomic mass is 10.0. The average Bonchev–Trinajstić information content (AvgIpc) is 2.46. The second-order valence-corrected chi connectivity index (χ2v) is 6.16. The van der Waals surface area contributed by atoms with Crippen LogP contribution in [0.5, 0.6) is 0 Å². The Bertz CT molecular complexity index is 657. The molecule has 0 amide bonds. The SMILES string of the molecule is CC1(C)CN(c2ccc(N)c3cnccc23)CC(CO)O1. The molecule has 1 atom stereocenters. The van der Waals surface area contributed by atoms with Crippen LogP contribution in [-0.2, 0) is 4.74 Å². The number of nitrogens with zero attached hydrogens (tertiary/aromatic N) is 2. The van der Waals surface area contributed by atoms with E-state index in [1.807, 2.05) is 32.0 Å². The topological polar surface area (TPSA) is 71.6 Å². The van der Waals surface area contributed by atoms with Crippen molar-refractivity contribution >= 4 is 22.1 Å². The van der Waals surface area contributed by atoms with Crippen LogP contribution in [-0.4, -0.2) is 41.5 Å². The molecule has 21 heavy (non-hydrogen) atoms. The molecular formula is C16H21N3O2. The van der Waals surface area contributed by atoms with E-state index in [2.05, 4.69) is 9.88 Å². The number of nitrogen functional groups attached to an aromatic ring is 1. The van der Waals surface area contributed by atoms with Gasteiger partial charge in [0.05, 0.1) is 18.3 Å². The average molecular weight is 287 g/mol. The second-order valence-electron chi connectivity index (χ2n) is 6.16. The van der Waals surface area contributed by atoms with Crippen LogP contribution in [0.4, 0.5) is 11.4 Å². The highest BCUT2D eigenvalue weighted by Gasteiger charge is 2.33. The van der Waals surface area contributed by atoms with Crippen molar-refractivity contribution in [3.8, 4) is 0 Å². The maximum atomic E-state index is 9.46. The summed E-state index contributed by atoms with van der Waals surface area (Å²) in [5, 5.41) is 11.5. The number of hydrogen-bond acceptors (Lipinski definition) is 5. The van der Waals surface area contributed by atoms with E-state index in [0.717, 1.165) is 28.7 Å². The van der Waals surface area contributed by atoms with Gasteiger partial charge in [0, 0.05) is 47.6 Å². The lowest BCUT2D eigenvalue weighted by Gasteiger charge is -2.43. The van der Waals surface area contributed by atoms with Gasteiger partial charge in [-0.3, -0.25) is 4.98 Å². The maximum Gasteiger partial charge on any atom is 0.0988 e. The predicted molar refractivity (Wildman–Crippen MR) is 84.4 cm³/mol. The van der Waals surface area contributed by atoms with E-state index in [9.17, 15) is 5.11 Å². The van der Waals surface area contributed by atoms with E-state index >= 15 is 0 Å². The van der Waals surface area contributed by atoms with Crippen molar-refractivity contribution in [3.05, 3.63) is 30.6 Å². The minimum atomic E-state index is -0.299. The predicted octanol–water partition coefficient (Wildman–Crippen LogP) is 1.79. The maximum absolute atomic E-state index is 9.46. The van der Waals surface area contributed by atoms with Crippen molar-refractivity contribution in [1.82, 2.24) is 4.98 Å². The molecule has 112 valence electrons. The Hall–Kier alpha value is -1.85. The number of rotatable bonds is 2. The molecular weight excluding hydrogens is 266 g/mol. The Morgan fingerprint density at radius 3 is 2.95 bits per heavy atom. The molecule has 1 saturated heterocycles. The lowest BCUT2D eigenvalue weighted by Crippen LogP contribution is -2.54. The zero-order valence-corrected chi connectivity index (χ0v) is 12.4. The molecule has 1 aliphatic heterocycles. The van der Waals surface area contributed by atoms with Crippen LogP contribution in [0.15, 0.2) is 30.6 Å². The smallest absolute Gasteiger partial charge is 0.0988 e. The summed E-state index contributed by atoms with van der Waals surface area (Å²) in [7, 11) is 0. The summed E-state index contributed by atoms with van der Waals surface area (Å²) in [5.41, 5.74) is 7.58. The minimum Gasteiger partial charge on any atom is -0.398 e. The van der Waals surface area contributed by atoms with Crippen LogP contribution >= 0.6 is 0 Å². The Morgan fingerprint density at radius 1 is 1.38 bits per heavy atom. The van der Waals surface area contributed by atoms with Gasteiger partial charge in [0.2, 0.25) is 0 Å². The van der Waals surface area contributed by atoms with E-state index in [-0.39, 0.29) is 18.3 Å². The number of benzene rings is 1. The number of aromatic nitrogens is 1. The van der Waals surface area contributed by atoms with E-state index in [1.54, 1.807) is 12.4 Å². The number of nitrogens with two attached hydrogens (primary N) is 1. The van der Waals surface area contributed by atoms with Crippen LogP contribution in [0.3, 0.4) is 0 Å². The largest absolute Gasteiger partial charge is 0.398 e. The van der Waals surface area contributed by atoms with E-state index in [0.29, 0.717) is 6.54 Å². The van der Waals surface area contributed by atoms with Crippen LogP contribution in [0, 0.1) is 0 Å². The molecule has 1 aliphatic rings. The van der Waals surface area contributed by atoms with Crippen molar-refractivity contribution < 1.29 is 9.84 Å².